The average molecular weight is 303 g/mol. The van der Waals surface area contributed by atoms with Gasteiger partial charge in [-0.05, 0) is 36.1 Å². The Hall–Kier alpha value is -1.56. The lowest BCUT2D eigenvalue weighted by Crippen LogP contribution is -2.32. The van der Waals surface area contributed by atoms with Gasteiger partial charge in [0.2, 0.25) is 0 Å². The van der Waals surface area contributed by atoms with Gasteiger partial charge >= 0.3 is 6.18 Å². The highest BCUT2D eigenvalue weighted by molar-refractivity contribution is 5.94. The zero-order chi connectivity index (χ0) is 16.3. The van der Waals surface area contributed by atoms with Gasteiger partial charge in [0, 0.05) is 12.1 Å². The molecule has 0 aliphatic heterocycles. The smallest absolute Gasteiger partial charge is 0.393 e. The maximum absolute atomic E-state index is 12.4. The number of halogens is 3. The molecule has 1 amide bonds. The minimum Gasteiger partial charge on any atom is -0.393 e. The van der Waals surface area contributed by atoms with E-state index in [0.717, 1.165) is 24.3 Å². The SMILES string of the molecule is CC(C)(C)[C@@H](O)CCNC(=O)c1ccc(C(F)(F)F)cc1. The number of rotatable bonds is 4. The van der Waals surface area contributed by atoms with Gasteiger partial charge in [-0.1, -0.05) is 20.8 Å². The number of nitrogens with one attached hydrogen (secondary N) is 1. The van der Waals surface area contributed by atoms with Crippen LogP contribution in [0.15, 0.2) is 24.3 Å². The maximum atomic E-state index is 12.4. The fraction of sp³-hybridized carbons (Fsp3) is 0.533. The van der Waals surface area contributed by atoms with Crippen molar-refractivity contribution in [1.82, 2.24) is 5.32 Å². The van der Waals surface area contributed by atoms with Crippen molar-refractivity contribution in [1.29, 1.82) is 0 Å². The van der Waals surface area contributed by atoms with E-state index in [9.17, 15) is 23.1 Å². The molecule has 1 aromatic carbocycles. The molecule has 0 saturated heterocycles. The molecule has 0 spiro atoms. The van der Waals surface area contributed by atoms with E-state index in [4.69, 9.17) is 0 Å². The van der Waals surface area contributed by atoms with Crippen LogP contribution in [-0.4, -0.2) is 23.7 Å². The molecule has 0 aliphatic rings. The molecule has 6 heteroatoms. The van der Waals surface area contributed by atoms with Crippen LogP contribution in [0.5, 0.6) is 0 Å². The Balaban J connectivity index is 2.53. The minimum atomic E-state index is -4.41. The van der Waals surface area contributed by atoms with E-state index in [1.807, 2.05) is 20.8 Å². The standard InChI is InChI=1S/C15H20F3NO2/c1-14(2,3)12(20)8-9-19-13(21)10-4-6-11(7-5-10)15(16,17)18/h4-7,12,20H,8-9H2,1-3H3,(H,19,21)/t12-/m0/s1. The lowest BCUT2D eigenvalue weighted by atomic mass is 9.87. The summed E-state index contributed by atoms with van der Waals surface area (Å²) in [5, 5.41) is 12.4. The number of aliphatic hydroxyl groups excluding tert-OH is 1. The summed E-state index contributed by atoms with van der Waals surface area (Å²) in [6.45, 7) is 5.92. The minimum absolute atomic E-state index is 0.160. The first-order valence-electron chi connectivity index (χ1n) is 6.65. The lowest BCUT2D eigenvalue weighted by molar-refractivity contribution is -0.137. The van der Waals surface area contributed by atoms with E-state index in [-0.39, 0.29) is 17.5 Å². The van der Waals surface area contributed by atoms with Crippen molar-refractivity contribution in [3.05, 3.63) is 35.4 Å². The number of carbonyl (C=O) groups is 1. The first kappa shape index (κ1) is 17.5. The second-order valence-corrected chi connectivity index (χ2v) is 6.00. The Labute approximate surface area is 122 Å². The zero-order valence-corrected chi connectivity index (χ0v) is 12.3. The number of amides is 1. The molecular formula is C15H20F3NO2. The van der Waals surface area contributed by atoms with Crippen LogP contribution in [0, 0.1) is 5.41 Å². The summed E-state index contributed by atoms with van der Waals surface area (Å²) in [6, 6.07) is 4.02. The van der Waals surface area contributed by atoms with E-state index in [0.29, 0.717) is 6.42 Å². The molecule has 0 fully saturated rings. The topological polar surface area (TPSA) is 49.3 Å². The van der Waals surface area contributed by atoms with Crippen molar-refractivity contribution in [3.8, 4) is 0 Å². The number of alkyl halides is 3. The van der Waals surface area contributed by atoms with Gasteiger partial charge in [-0.15, -0.1) is 0 Å². The highest BCUT2D eigenvalue weighted by Crippen LogP contribution is 2.29. The molecule has 0 bridgehead atoms. The molecular weight excluding hydrogens is 283 g/mol. The van der Waals surface area contributed by atoms with Gasteiger partial charge in [0.05, 0.1) is 11.7 Å². The van der Waals surface area contributed by atoms with E-state index in [2.05, 4.69) is 5.32 Å². The molecule has 0 radical (unpaired) electrons. The summed E-state index contributed by atoms with van der Waals surface area (Å²) >= 11 is 0. The van der Waals surface area contributed by atoms with Crippen LogP contribution in [0.3, 0.4) is 0 Å². The molecule has 3 nitrogen and oxygen atoms in total. The van der Waals surface area contributed by atoms with Gasteiger partial charge in [-0.2, -0.15) is 13.2 Å². The van der Waals surface area contributed by atoms with Crippen molar-refractivity contribution >= 4 is 5.91 Å². The van der Waals surface area contributed by atoms with E-state index < -0.39 is 23.8 Å². The van der Waals surface area contributed by atoms with Gasteiger partial charge in [0.25, 0.3) is 5.91 Å². The summed E-state index contributed by atoms with van der Waals surface area (Å²) < 4.78 is 37.2. The lowest BCUT2D eigenvalue weighted by Gasteiger charge is -2.25. The van der Waals surface area contributed by atoms with E-state index in [1.165, 1.54) is 0 Å². The zero-order valence-electron chi connectivity index (χ0n) is 12.3. The second-order valence-electron chi connectivity index (χ2n) is 6.00. The highest BCUT2D eigenvalue weighted by Gasteiger charge is 2.30. The molecule has 0 aromatic heterocycles. The molecule has 1 rings (SSSR count). The van der Waals surface area contributed by atoms with Crippen LogP contribution in [0.1, 0.15) is 43.1 Å². The van der Waals surface area contributed by atoms with Crippen LogP contribution < -0.4 is 5.32 Å². The largest absolute Gasteiger partial charge is 0.416 e. The Kier molecular flexibility index (Phi) is 5.39. The van der Waals surface area contributed by atoms with Crippen LogP contribution >= 0.6 is 0 Å². The predicted octanol–water partition coefficient (Wildman–Crippen LogP) is 3.23. The van der Waals surface area contributed by atoms with Crippen LogP contribution in [-0.2, 0) is 6.18 Å². The molecule has 1 atom stereocenters. The molecule has 21 heavy (non-hydrogen) atoms. The molecule has 118 valence electrons. The molecule has 1 aromatic rings. The summed E-state index contributed by atoms with van der Waals surface area (Å²) in [4.78, 5) is 11.8. The maximum Gasteiger partial charge on any atom is 0.416 e. The van der Waals surface area contributed by atoms with Crippen LogP contribution in [0.25, 0.3) is 0 Å². The van der Waals surface area contributed by atoms with Crippen molar-refractivity contribution < 1.29 is 23.1 Å². The molecule has 0 heterocycles. The molecule has 0 saturated carbocycles. The fourth-order valence-electron chi connectivity index (χ4n) is 1.67. The fourth-order valence-corrected chi connectivity index (χ4v) is 1.67. The molecule has 2 N–H and O–H groups in total. The third kappa shape index (κ3) is 5.38. The van der Waals surface area contributed by atoms with Gasteiger partial charge in [-0.25, -0.2) is 0 Å². The first-order chi connectivity index (χ1) is 9.51. The van der Waals surface area contributed by atoms with Crippen molar-refractivity contribution in [3.63, 3.8) is 0 Å². The first-order valence-corrected chi connectivity index (χ1v) is 6.65. The number of carbonyl (C=O) groups excluding carboxylic acids is 1. The van der Waals surface area contributed by atoms with E-state index >= 15 is 0 Å². The second kappa shape index (κ2) is 6.47. The van der Waals surface area contributed by atoms with Gasteiger partial charge in [0.15, 0.2) is 0 Å². The summed E-state index contributed by atoms with van der Waals surface area (Å²) in [5.74, 6) is -0.454. The van der Waals surface area contributed by atoms with Crippen LogP contribution in [0.4, 0.5) is 13.2 Å². The van der Waals surface area contributed by atoms with Crippen molar-refractivity contribution in [2.75, 3.05) is 6.54 Å². The van der Waals surface area contributed by atoms with Gasteiger partial charge in [-0.3, -0.25) is 4.79 Å². The Morgan fingerprint density at radius 3 is 2.14 bits per heavy atom. The summed E-state index contributed by atoms with van der Waals surface area (Å²) in [6.07, 6.45) is -4.59. The third-order valence-corrected chi connectivity index (χ3v) is 3.18. The predicted molar refractivity (Wildman–Crippen MR) is 73.9 cm³/mol. The Morgan fingerprint density at radius 1 is 1.19 bits per heavy atom. The monoisotopic (exact) mass is 303 g/mol. The Morgan fingerprint density at radius 2 is 1.71 bits per heavy atom. The normalized spacial score (nSPS) is 13.9. The average Bonchev–Trinajstić information content (AvgIpc) is 2.36. The van der Waals surface area contributed by atoms with Gasteiger partial charge < -0.3 is 10.4 Å². The Bertz CT molecular complexity index is 475. The number of hydrogen-bond donors (Lipinski definition) is 2. The van der Waals surface area contributed by atoms with E-state index in [1.54, 1.807) is 0 Å². The molecule has 0 unspecified atom stereocenters. The van der Waals surface area contributed by atoms with Crippen molar-refractivity contribution in [2.24, 2.45) is 5.41 Å². The van der Waals surface area contributed by atoms with Crippen LogP contribution in [0.2, 0.25) is 0 Å². The highest BCUT2D eigenvalue weighted by atomic mass is 19.4. The van der Waals surface area contributed by atoms with Gasteiger partial charge in [0.1, 0.15) is 0 Å². The number of hydrogen-bond acceptors (Lipinski definition) is 2. The van der Waals surface area contributed by atoms with Crippen molar-refractivity contribution in [2.45, 2.75) is 39.5 Å². The third-order valence-electron chi connectivity index (χ3n) is 3.18. The number of benzene rings is 1. The quantitative estimate of drug-likeness (QED) is 0.897. The number of aliphatic hydroxyl groups is 1. The summed E-state index contributed by atoms with van der Waals surface area (Å²) in [5.41, 5.74) is -0.908. The summed E-state index contributed by atoms with van der Waals surface area (Å²) in [7, 11) is 0. The molecule has 0 aliphatic carbocycles.